The van der Waals surface area contributed by atoms with E-state index in [0.717, 1.165) is 5.56 Å². The summed E-state index contributed by atoms with van der Waals surface area (Å²) >= 11 is 13.7. The van der Waals surface area contributed by atoms with Crippen LogP contribution in [0.3, 0.4) is 0 Å². The van der Waals surface area contributed by atoms with Crippen LogP contribution >= 0.6 is 35.0 Å². The summed E-state index contributed by atoms with van der Waals surface area (Å²) in [6, 6.07) is 12.5. The van der Waals surface area contributed by atoms with Gasteiger partial charge in [-0.05, 0) is 36.2 Å². The topological polar surface area (TPSA) is 80.1 Å². The second-order valence-corrected chi connectivity index (χ2v) is 9.55. The highest BCUT2D eigenvalue weighted by atomic mass is 35.5. The molecule has 10 heteroatoms. The number of nitrogens with one attached hydrogen (secondary N) is 1. The highest BCUT2D eigenvalue weighted by molar-refractivity contribution is 7.99. The van der Waals surface area contributed by atoms with Gasteiger partial charge in [-0.1, -0.05) is 60.9 Å². The highest BCUT2D eigenvalue weighted by Crippen LogP contribution is 2.33. The third-order valence-corrected chi connectivity index (χ3v) is 6.33. The Hall–Kier alpha value is -2.55. The Bertz CT molecular complexity index is 1180. The number of carbonyl (C=O) groups excluding carboxylic acids is 2. The molecule has 1 N–H and O–H groups in total. The lowest BCUT2D eigenvalue weighted by Crippen LogP contribution is -2.43. The average molecular weight is 490 g/mol. The summed E-state index contributed by atoms with van der Waals surface area (Å²) in [5.41, 5.74) is 2.05. The van der Waals surface area contributed by atoms with Crippen LogP contribution in [0.4, 0.5) is 11.4 Å². The number of aromatic nitrogens is 3. The molecular formula is C22H21Cl2N5O2S. The van der Waals surface area contributed by atoms with Gasteiger partial charge in [-0.15, -0.1) is 10.2 Å². The van der Waals surface area contributed by atoms with E-state index in [1.807, 2.05) is 28.8 Å². The lowest BCUT2D eigenvalue weighted by atomic mass is 10.2. The minimum absolute atomic E-state index is 0.0132. The largest absolute Gasteiger partial charge is 0.323 e. The van der Waals surface area contributed by atoms with Gasteiger partial charge in [0.25, 0.3) is 0 Å². The van der Waals surface area contributed by atoms with E-state index < -0.39 is 0 Å². The Morgan fingerprint density at radius 1 is 1.19 bits per heavy atom. The number of nitrogens with zero attached hydrogens (tertiary/aromatic N) is 4. The number of halogens is 2. The van der Waals surface area contributed by atoms with E-state index in [0.29, 0.717) is 44.9 Å². The number of hydrogen-bond donors (Lipinski definition) is 1. The third-order valence-electron chi connectivity index (χ3n) is 4.83. The summed E-state index contributed by atoms with van der Waals surface area (Å²) in [5.74, 6) is 0.667. The number of anilines is 2. The Morgan fingerprint density at radius 3 is 2.72 bits per heavy atom. The standard InChI is InChI=1S/C22H21Cl2N5O2S/c1-13(2)10-29-21(15-8-7-14(23)9-16(15)24)26-27-22(29)32-12-20(31)28-11-19(30)25-17-5-3-4-6-18(17)28/h3-9,13H,10-12H2,1-2H3,(H,25,30). The number of hydrogen-bond acceptors (Lipinski definition) is 5. The van der Waals surface area contributed by atoms with Crippen LogP contribution in [0.15, 0.2) is 47.6 Å². The number of para-hydroxylation sites is 2. The zero-order valence-electron chi connectivity index (χ0n) is 17.5. The van der Waals surface area contributed by atoms with Crippen LogP contribution in [0, 0.1) is 5.92 Å². The Morgan fingerprint density at radius 2 is 1.97 bits per heavy atom. The molecule has 2 aromatic carbocycles. The molecule has 0 atom stereocenters. The maximum Gasteiger partial charge on any atom is 0.244 e. The summed E-state index contributed by atoms with van der Waals surface area (Å²) < 4.78 is 1.97. The van der Waals surface area contributed by atoms with Crippen LogP contribution in [-0.2, 0) is 16.1 Å². The van der Waals surface area contributed by atoms with Crippen LogP contribution in [0.5, 0.6) is 0 Å². The Balaban J connectivity index is 1.58. The van der Waals surface area contributed by atoms with Gasteiger partial charge in [0.05, 0.1) is 22.2 Å². The van der Waals surface area contributed by atoms with E-state index in [2.05, 4.69) is 29.4 Å². The first-order valence-electron chi connectivity index (χ1n) is 10.0. The number of amides is 2. The first-order chi connectivity index (χ1) is 15.3. The molecule has 0 bridgehead atoms. The van der Waals surface area contributed by atoms with Gasteiger partial charge in [0.1, 0.15) is 6.54 Å². The number of carbonyl (C=O) groups is 2. The molecular weight excluding hydrogens is 469 g/mol. The SMILES string of the molecule is CC(C)Cn1c(SCC(=O)N2CC(=O)Nc3ccccc32)nnc1-c1ccc(Cl)cc1Cl. The molecule has 0 aliphatic carbocycles. The molecule has 32 heavy (non-hydrogen) atoms. The molecule has 1 aromatic heterocycles. The van der Waals surface area contributed by atoms with Gasteiger partial charge in [-0.3, -0.25) is 9.59 Å². The molecule has 0 fully saturated rings. The van der Waals surface area contributed by atoms with Gasteiger partial charge in [0.15, 0.2) is 11.0 Å². The van der Waals surface area contributed by atoms with E-state index in [9.17, 15) is 9.59 Å². The van der Waals surface area contributed by atoms with Crippen LogP contribution in [0.2, 0.25) is 10.0 Å². The van der Waals surface area contributed by atoms with Crippen molar-refractivity contribution in [2.75, 3.05) is 22.5 Å². The lowest BCUT2D eigenvalue weighted by Gasteiger charge is -2.29. The van der Waals surface area contributed by atoms with Crippen LogP contribution < -0.4 is 10.2 Å². The van der Waals surface area contributed by atoms with Crippen LogP contribution in [0.1, 0.15) is 13.8 Å². The molecule has 0 saturated heterocycles. The first kappa shape index (κ1) is 22.6. The van der Waals surface area contributed by atoms with Gasteiger partial charge in [0.2, 0.25) is 11.8 Å². The first-order valence-corrected chi connectivity index (χ1v) is 11.8. The summed E-state index contributed by atoms with van der Waals surface area (Å²) in [4.78, 5) is 26.6. The summed E-state index contributed by atoms with van der Waals surface area (Å²) in [5, 5.41) is 13.1. The van der Waals surface area contributed by atoms with Crippen molar-refractivity contribution in [1.29, 1.82) is 0 Å². The van der Waals surface area contributed by atoms with Crippen molar-refractivity contribution in [3.8, 4) is 11.4 Å². The number of thioether (sulfide) groups is 1. The quantitative estimate of drug-likeness (QED) is 0.493. The minimum Gasteiger partial charge on any atom is -0.323 e. The van der Waals surface area contributed by atoms with Gasteiger partial charge in [-0.2, -0.15) is 0 Å². The van der Waals surface area contributed by atoms with E-state index in [-0.39, 0.29) is 24.1 Å². The molecule has 2 heterocycles. The van der Waals surface area contributed by atoms with E-state index in [1.54, 1.807) is 18.2 Å². The molecule has 4 rings (SSSR count). The molecule has 3 aromatic rings. The van der Waals surface area contributed by atoms with Crippen molar-refractivity contribution in [2.45, 2.75) is 25.5 Å². The predicted octanol–water partition coefficient (Wildman–Crippen LogP) is 4.99. The van der Waals surface area contributed by atoms with Crippen molar-refractivity contribution in [2.24, 2.45) is 5.92 Å². The molecule has 2 amide bonds. The van der Waals surface area contributed by atoms with E-state index in [1.165, 1.54) is 16.7 Å². The molecule has 1 aliphatic rings. The fraction of sp³-hybridized carbons (Fsp3) is 0.273. The molecule has 0 unspecified atom stereocenters. The van der Waals surface area contributed by atoms with E-state index in [4.69, 9.17) is 23.2 Å². The van der Waals surface area contributed by atoms with Crippen molar-refractivity contribution in [3.05, 3.63) is 52.5 Å². The fourth-order valence-corrected chi connectivity index (χ4v) is 4.77. The Labute approximate surface area is 200 Å². The van der Waals surface area contributed by atoms with Gasteiger partial charge in [0, 0.05) is 17.1 Å². The van der Waals surface area contributed by atoms with Gasteiger partial charge in [-0.25, -0.2) is 0 Å². The second-order valence-electron chi connectivity index (χ2n) is 7.77. The molecule has 166 valence electrons. The van der Waals surface area contributed by atoms with Crippen LogP contribution in [0.25, 0.3) is 11.4 Å². The summed E-state index contributed by atoms with van der Waals surface area (Å²) in [6.45, 7) is 4.83. The molecule has 7 nitrogen and oxygen atoms in total. The third kappa shape index (κ3) is 4.77. The lowest BCUT2D eigenvalue weighted by molar-refractivity contribution is -0.120. The second kappa shape index (κ2) is 9.52. The molecule has 0 radical (unpaired) electrons. The smallest absolute Gasteiger partial charge is 0.244 e. The number of rotatable bonds is 6. The fourth-order valence-electron chi connectivity index (χ4n) is 3.46. The van der Waals surface area contributed by atoms with E-state index >= 15 is 0 Å². The summed E-state index contributed by atoms with van der Waals surface area (Å²) in [7, 11) is 0. The molecule has 0 saturated carbocycles. The van der Waals surface area contributed by atoms with Gasteiger partial charge < -0.3 is 14.8 Å². The van der Waals surface area contributed by atoms with Crippen molar-refractivity contribution >= 4 is 58.2 Å². The Kier molecular flexibility index (Phi) is 6.74. The zero-order valence-corrected chi connectivity index (χ0v) is 19.8. The zero-order chi connectivity index (χ0) is 22.8. The van der Waals surface area contributed by atoms with Crippen molar-refractivity contribution in [3.63, 3.8) is 0 Å². The van der Waals surface area contributed by atoms with Crippen molar-refractivity contribution < 1.29 is 9.59 Å². The highest BCUT2D eigenvalue weighted by Gasteiger charge is 2.27. The average Bonchev–Trinajstić information content (AvgIpc) is 3.12. The monoisotopic (exact) mass is 489 g/mol. The number of fused-ring (bicyclic) bond motifs is 1. The normalized spacial score (nSPS) is 13.3. The molecule has 1 aliphatic heterocycles. The van der Waals surface area contributed by atoms with Gasteiger partial charge >= 0.3 is 0 Å². The van der Waals surface area contributed by atoms with Crippen molar-refractivity contribution in [1.82, 2.24) is 14.8 Å². The minimum atomic E-state index is -0.218. The number of benzene rings is 2. The predicted molar refractivity (Wildman–Crippen MR) is 128 cm³/mol. The molecule has 0 spiro atoms. The van der Waals surface area contributed by atoms with Crippen LogP contribution in [-0.4, -0.2) is 38.9 Å². The maximum absolute atomic E-state index is 13.0. The summed E-state index contributed by atoms with van der Waals surface area (Å²) in [6.07, 6.45) is 0. The maximum atomic E-state index is 13.0.